The number of hydrogen-bond acceptors (Lipinski definition) is 1. The standard InChI is InChI=1S/C14H22F6O/c1-6-7-14(21)12(5,19)10(3,17)9(2,16)11(4,18)13(14,20)8-15/h21H,6-8H2,1-5H3. The van der Waals surface area contributed by atoms with Gasteiger partial charge in [0, 0.05) is 0 Å². The highest BCUT2D eigenvalue weighted by Crippen LogP contribution is 2.66. The number of hydrogen-bond donors (Lipinski definition) is 1. The van der Waals surface area contributed by atoms with E-state index in [4.69, 9.17) is 0 Å². The zero-order valence-electron chi connectivity index (χ0n) is 12.8. The van der Waals surface area contributed by atoms with E-state index in [1.54, 1.807) is 0 Å². The lowest BCUT2D eigenvalue weighted by molar-refractivity contribution is -0.353. The Kier molecular flexibility index (Phi) is 4.00. The minimum atomic E-state index is -3.92. The molecule has 6 atom stereocenters. The van der Waals surface area contributed by atoms with Gasteiger partial charge in [-0.05, 0) is 34.1 Å². The van der Waals surface area contributed by atoms with Gasteiger partial charge in [-0.2, -0.15) is 0 Å². The van der Waals surface area contributed by atoms with E-state index in [0.29, 0.717) is 27.7 Å². The lowest BCUT2D eigenvalue weighted by atomic mass is 9.48. The fourth-order valence-corrected chi connectivity index (χ4v) is 3.43. The summed E-state index contributed by atoms with van der Waals surface area (Å²) in [7, 11) is 0. The Morgan fingerprint density at radius 1 is 0.762 bits per heavy atom. The largest absolute Gasteiger partial charge is 0.383 e. The second kappa shape index (κ2) is 4.52. The smallest absolute Gasteiger partial charge is 0.207 e. The molecule has 1 rings (SSSR count). The summed E-state index contributed by atoms with van der Waals surface area (Å²) in [6.45, 7) is 0.760. The van der Waals surface area contributed by atoms with Crippen LogP contribution in [-0.4, -0.2) is 45.7 Å². The molecule has 1 nitrogen and oxygen atoms in total. The molecule has 6 unspecified atom stereocenters. The van der Waals surface area contributed by atoms with Crippen LogP contribution in [0.15, 0.2) is 0 Å². The zero-order valence-corrected chi connectivity index (χ0v) is 12.8. The van der Waals surface area contributed by atoms with Crippen molar-refractivity contribution >= 4 is 0 Å². The maximum atomic E-state index is 15.0. The van der Waals surface area contributed by atoms with Gasteiger partial charge in [0.1, 0.15) is 12.3 Å². The normalized spacial score (nSPS) is 58.3. The molecule has 21 heavy (non-hydrogen) atoms. The number of rotatable bonds is 3. The number of aliphatic hydroxyl groups is 1. The third kappa shape index (κ3) is 1.64. The Labute approximate surface area is 120 Å². The number of halogens is 6. The van der Waals surface area contributed by atoms with Crippen LogP contribution < -0.4 is 0 Å². The molecule has 1 saturated carbocycles. The summed E-state index contributed by atoms with van der Waals surface area (Å²) in [4.78, 5) is 0. The molecule has 0 radical (unpaired) electrons. The molecule has 0 aromatic rings. The number of alkyl halides is 6. The van der Waals surface area contributed by atoms with Crippen molar-refractivity contribution in [1.82, 2.24) is 0 Å². The second-order valence-corrected chi connectivity index (χ2v) is 6.56. The van der Waals surface area contributed by atoms with Crippen LogP contribution in [-0.2, 0) is 0 Å². The molecular formula is C14H22F6O. The van der Waals surface area contributed by atoms with Crippen LogP contribution in [0.1, 0.15) is 47.5 Å². The molecule has 1 fully saturated rings. The van der Waals surface area contributed by atoms with Gasteiger partial charge in [-0.25, -0.2) is 26.3 Å². The second-order valence-electron chi connectivity index (χ2n) is 6.56. The van der Waals surface area contributed by atoms with Crippen LogP contribution in [0.5, 0.6) is 0 Å². The van der Waals surface area contributed by atoms with Gasteiger partial charge in [0.2, 0.25) is 5.67 Å². The Morgan fingerprint density at radius 3 is 1.48 bits per heavy atom. The van der Waals surface area contributed by atoms with Gasteiger partial charge >= 0.3 is 0 Å². The van der Waals surface area contributed by atoms with E-state index >= 15 is 4.39 Å². The summed E-state index contributed by atoms with van der Waals surface area (Å²) >= 11 is 0. The van der Waals surface area contributed by atoms with E-state index in [1.165, 1.54) is 6.92 Å². The fourth-order valence-electron chi connectivity index (χ4n) is 3.43. The summed E-state index contributed by atoms with van der Waals surface area (Å²) in [5, 5.41) is 10.4. The van der Waals surface area contributed by atoms with E-state index in [9.17, 15) is 27.1 Å². The van der Waals surface area contributed by atoms with Crippen molar-refractivity contribution in [1.29, 1.82) is 0 Å². The van der Waals surface area contributed by atoms with Gasteiger partial charge in [-0.3, -0.25) is 0 Å². The molecule has 1 aliphatic rings. The van der Waals surface area contributed by atoms with Crippen LogP contribution in [0, 0.1) is 0 Å². The van der Waals surface area contributed by atoms with E-state index < -0.39 is 47.0 Å². The van der Waals surface area contributed by atoms with Gasteiger partial charge in [0.25, 0.3) is 0 Å². The Balaban J connectivity index is 3.80. The van der Waals surface area contributed by atoms with E-state index in [2.05, 4.69) is 0 Å². The molecule has 126 valence electrons. The van der Waals surface area contributed by atoms with Crippen molar-refractivity contribution in [3.05, 3.63) is 0 Å². The van der Waals surface area contributed by atoms with Crippen LogP contribution in [0.25, 0.3) is 0 Å². The fraction of sp³-hybridized carbons (Fsp3) is 1.00. The first-order valence-electron chi connectivity index (χ1n) is 6.85. The van der Waals surface area contributed by atoms with E-state index in [-0.39, 0.29) is 6.42 Å². The van der Waals surface area contributed by atoms with Crippen LogP contribution in [0.3, 0.4) is 0 Å². The Hall–Kier alpha value is -0.460. The Morgan fingerprint density at radius 2 is 1.14 bits per heavy atom. The van der Waals surface area contributed by atoms with Crippen LogP contribution in [0.4, 0.5) is 26.3 Å². The van der Waals surface area contributed by atoms with Crippen LogP contribution >= 0.6 is 0 Å². The monoisotopic (exact) mass is 320 g/mol. The average Bonchev–Trinajstić information content (AvgIpc) is 2.35. The molecule has 1 aliphatic carbocycles. The van der Waals surface area contributed by atoms with Gasteiger partial charge in [0.15, 0.2) is 22.7 Å². The van der Waals surface area contributed by atoms with Gasteiger partial charge in [0.05, 0.1) is 0 Å². The third-order valence-corrected chi connectivity index (χ3v) is 5.62. The van der Waals surface area contributed by atoms with E-state index in [0.717, 1.165) is 0 Å². The maximum Gasteiger partial charge on any atom is 0.207 e. The highest BCUT2D eigenvalue weighted by atomic mass is 19.2. The summed E-state index contributed by atoms with van der Waals surface area (Å²) in [6.07, 6.45) is -0.827. The van der Waals surface area contributed by atoms with Crippen molar-refractivity contribution in [2.75, 3.05) is 6.67 Å². The highest BCUT2D eigenvalue weighted by Gasteiger charge is 2.88. The molecule has 0 heterocycles. The molecular weight excluding hydrogens is 298 g/mol. The molecule has 0 aliphatic heterocycles. The predicted octanol–water partition coefficient (Wildman–Crippen LogP) is 4.12. The molecule has 0 aromatic heterocycles. The Bertz CT molecular complexity index is 420. The lowest BCUT2D eigenvalue weighted by Gasteiger charge is -2.64. The molecule has 1 N–H and O–H groups in total. The molecule has 0 saturated heterocycles. The van der Waals surface area contributed by atoms with Gasteiger partial charge in [-0.15, -0.1) is 0 Å². The van der Waals surface area contributed by atoms with Gasteiger partial charge in [-0.1, -0.05) is 13.3 Å². The first kappa shape index (κ1) is 18.6. The molecule has 7 heteroatoms. The van der Waals surface area contributed by atoms with Gasteiger partial charge < -0.3 is 5.11 Å². The van der Waals surface area contributed by atoms with Crippen LogP contribution in [0.2, 0.25) is 0 Å². The third-order valence-electron chi connectivity index (χ3n) is 5.62. The topological polar surface area (TPSA) is 20.2 Å². The summed E-state index contributed by atoms with van der Waals surface area (Å²) in [5.74, 6) is 0. The zero-order chi connectivity index (χ0) is 17.1. The van der Waals surface area contributed by atoms with Crippen molar-refractivity contribution in [2.45, 2.75) is 81.4 Å². The summed E-state index contributed by atoms with van der Waals surface area (Å²) < 4.78 is 87.5. The highest BCUT2D eigenvalue weighted by molar-refractivity contribution is 5.35. The first-order chi connectivity index (χ1) is 9.12. The minimum Gasteiger partial charge on any atom is -0.383 e. The predicted molar refractivity (Wildman–Crippen MR) is 67.7 cm³/mol. The molecule has 0 amide bonds. The van der Waals surface area contributed by atoms with Crippen molar-refractivity contribution < 1.29 is 31.4 Å². The quantitative estimate of drug-likeness (QED) is 0.776. The minimum absolute atomic E-state index is 0.0726. The SMILES string of the molecule is CCCC1(O)C(C)(F)C(C)(F)C(C)(F)C(C)(F)C1(F)CF. The molecule has 0 spiro atoms. The maximum absolute atomic E-state index is 15.0. The lowest BCUT2D eigenvalue weighted by Crippen LogP contribution is -2.88. The van der Waals surface area contributed by atoms with Crippen molar-refractivity contribution in [3.8, 4) is 0 Å². The summed E-state index contributed by atoms with van der Waals surface area (Å²) in [5.41, 5.74) is -21.8. The average molecular weight is 320 g/mol. The van der Waals surface area contributed by atoms with E-state index in [1.807, 2.05) is 0 Å². The van der Waals surface area contributed by atoms with Crippen molar-refractivity contribution in [3.63, 3.8) is 0 Å². The first-order valence-corrected chi connectivity index (χ1v) is 6.85. The van der Waals surface area contributed by atoms with Crippen molar-refractivity contribution in [2.24, 2.45) is 0 Å². The summed E-state index contributed by atoms with van der Waals surface area (Å²) in [6, 6.07) is 0. The molecule has 0 aromatic carbocycles. The molecule has 0 bridgehead atoms.